The zero-order valence-corrected chi connectivity index (χ0v) is 18.2. The minimum Gasteiger partial charge on any atom is -0.343 e. The number of Topliss-reactive ketones (excluding diaryl/α,β-unsaturated/α-hetero) is 1. The van der Waals surface area contributed by atoms with Gasteiger partial charge < -0.3 is 4.90 Å². The minimum atomic E-state index is -2.23. The van der Waals surface area contributed by atoms with E-state index in [2.05, 4.69) is 25.2 Å². The molecule has 1 fully saturated rings. The van der Waals surface area contributed by atoms with Crippen LogP contribution >= 0.6 is 0 Å². The Balaban J connectivity index is 1.98. The van der Waals surface area contributed by atoms with Crippen LogP contribution in [0.1, 0.15) is 36.5 Å². The van der Waals surface area contributed by atoms with Crippen molar-refractivity contribution in [2.45, 2.75) is 44.8 Å². The quantitative estimate of drug-likeness (QED) is 0.535. The average molecular weight is 394 g/mol. The van der Waals surface area contributed by atoms with Gasteiger partial charge in [0.1, 0.15) is 0 Å². The lowest BCUT2D eigenvalue weighted by Crippen LogP contribution is -2.55. The summed E-state index contributed by atoms with van der Waals surface area (Å²) in [7, 11) is -2.23. The molecule has 0 bridgehead atoms. The van der Waals surface area contributed by atoms with Crippen LogP contribution in [0.3, 0.4) is 0 Å². The third kappa shape index (κ3) is 4.27. The summed E-state index contributed by atoms with van der Waals surface area (Å²) >= 11 is 0. The number of ketones is 1. The fourth-order valence-electron chi connectivity index (χ4n) is 4.52. The van der Waals surface area contributed by atoms with Crippen molar-refractivity contribution in [2.24, 2.45) is 5.92 Å². The van der Waals surface area contributed by atoms with Crippen molar-refractivity contribution in [3.05, 3.63) is 66.2 Å². The Morgan fingerprint density at radius 2 is 1.39 bits per heavy atom. The van der Waals surface area contributed by atoms with Gasteiger partial charge in [-0.3, -0.25) is 9.59 Å². The van der Waals surface area contributed by atoms with E-state index in [-0.39, 0.29) is 23.1 Å². The van der Waals surface area contributed by atoms with Crippen LogP contribution in [0.15, 0.2) is 60.7 Å². The van der Waals surface area contributed by atoms with Gasteiger partial charge in [-0.25, -0.2) is 0 Å². The molecule has 2 atom stereocenters. The molecule has 1 heterocycles. The second kappa shape index (κ2) is 8.87. The molecule has 1 amide bonds. The van der Waals surface area contributed by atoms with E-state index in [0.29, 0.717) is 5.56 Å². The first-order valence-electron chi connectivity index (χ1n) is 10.4. The van der Waals surface area contributed by atoms with E-state index >= 15 is 0 Å². The number of benzene rings is 2. The van der Waals surface area contributed by atoms with Gasteiger partial charge in [0, 0.05) is 30.1 Å². The second-order valence-electron chi connectivity index (χ2n) is 8.47. The summed E-state index contributed by atoms with van der Waals surface area (Å²) < 4.78 is 0. The van der Waals surface area contributed by atoms with Crippen molar-refractivity contribution in [3.8, 4) is 0 Å². The molecule has 2 aromatic carbocycles. The molecule has 2 aromatic rings. The SMILES string of the molecule is C[C@H](C(=O)c1ccccc1)[C@H](C(=O)N1CCCCC1)[Si](C)(C)c1ccccc1. The molecule has 1 aliphatic rings. The third-order valence-electron chi connectivity index (χ3n) is 6.20. The van der Waals surface area contributed by atoms with E-state index in [0.717, 1.165) is 25.9 Å². The fourth-order valence-corrected chi connectivity index (χ4v) is 8.13. The summed E-state index contributed by atoms with van der Waals surface area (Å²) in [6.07, 6.45) is 3.31. The Labute approximate surface area is 169 Å². The maximum absolute atomic E-state index is 13.7. The smallest absolute Gasteiger partial charge is 0.224 e. The van der Waals surface area contributed by atoms with Gasteiger partial charge >= 0.3 is 0 Å². The van der Waals surface area contributed by atoms with E-state index in [1.54, 1.807) is 0 Å². The lowest BCUT2D eigenvalue weighted by Gasteiger charge is -2.40. The molecule has 0 spiro atoms. The number of hydrogen-bond donors (Lipinski definition) is 0. The lowest BCUT2D eigenvalue weighted by atomic mass is 9.94. The van der Waals surface area contributed by atoms with Gasteiger partial charge in [-0.1, -0.05) is 85.9 Å². The van der Waals surface area contributed by atoms with Crippen LogP contribution in [0.2, 0.25) is 18.6 Å². The highest BCUT2D eigenvalue weighted by atomic mass is 28.3. The standard InChI is InChI=1S/C24H31NO2Si/c1-19(22(26)20-13-7-4-8-14-20)23(24(27)25-17-11-6-12-18-25)28(2,3)21-15-9-5-10-16-21/h4-5,7-10,13-16,19,23H,6,11-12,17-18H2,1-3H3/t19-,23-/m1/s1. The number of hydrogen-bond acceptors (Lipinski definition) is 2. The molecule has 3 rings (SSSR count). The van der Waals surface area contributed by atoms with Crippen LogP contribution in [0.25, 0.3) is 0 Å². The predicted molar refractivity (Wildman–Crippen MR) is 118 cm³/mol. The molecule has 3 nitrogen and oxygen atoms in total. The third-order valence-corrected chi connectivity index (χ3v) is 10.3. The molecule has 1 aliphatic heterocycles. The molecule has 0 aliphatic carbocycles. The van der Waals surface area contributed by atoms with E-state index in [1.807, 2.05) is 60.4 Å². The number of carbonyl (C=O) groups is 2. The van der Waals surface area contributed by atoms with Crippen molar-refractivity contribution >= 4 is 25.0 Å². The Kier molecular flexibility index (Phi) is 6.50. The van der Waals surface area contributed by atoms with Gasteiger partial charge in [-0.15, -0.1) is 0 Å². The molecule has 0 radical (unpaired) electrons. The van der Waals surface area contributed by atoms with Crippen LogP contribution in [-0.4, -0.2) is 37.8 Å². The normalized spacial score (nSPS) is 17.0. The Hall–Kier alpha value is -2.20. The zero-order valence-electron chi connectivity index (χ0n) is 17.2. The number of piperidine rings is 1. The minimum absolute atomic E-state index is 0.0764. The summed E-state index contributed by atoms with van der Waals surface area (Å²) in [4.78, 5) is 29.0. The molecule has 0 N–H and O–H groups in total. The number of nitrogens with zero attached hydrogens (tertiary/aromatic N) is 1. The van der Waals surface area contributed by atoms with Crippen molar-refractivity contribution in [1.82, 2.24) is 4.90 Å². The van der Waals surface area contributed by atoms with Crippen molar-refractivity contribution in [3.63, 3.8) is 0 Å². The number of amides is 1. The first-order chi connectivity index (χ1) is 13.4. The van der Waals surface area contributed by atoms with Crippen LogP contribution in [0, 0.1) is 5.92 Å². The molecule has 1 saturated heterocycles. The van der Waals surface area contributed by atoms with Crippen LogP contribution in [-0.2, 0) is 4.79 Å². The van der Waals surface area contributed by atoms with Crippen molar-refractivity contribution in [2.75, 3.05) is 13.1 Å². The van der Waals surface area contributed by atoms with Crippen LogP contribution in [0.4, 0.5) is 0 Å². The van der Waals surface area contributed by atoms with E-state index in [1.165, 1.54) is 11.6 Å². The molecule has 0 unspecified atom stereocenters. The molecule has 4 heteroatoms. The lowest BCUT2D eigenvalue weighted by molar-refractivity contribution is -0.132. The van der Waals surface area contributed by atoms with Crippen LogP contribution in [0.5, 0.6) is 0 Å². The average Bonchev–Trinajstić information content (AvgIpc) is 2.75. The number of rotatable bonds is 6. The Morgan fingerprint density at radius 3 is 1.96 bits per heavy atom. The molecular weight excluding hydrogens is 362 g/mol. The van der Waals surface area contributed by atoms with Crippen molar-refractivity contribution < 1.29 is 9.59 Å². The maximum Gasteiger partial charge on any atom is 0.224 e. The zero-order chi connectivity index (χ0) is 20.1. The van der Waals surface area contributed by atoms with Gasteiger partial charge in [0.05, 0.1) is 8.07 Å². The van der Waals surface area contributed by atoms with Gasteiger partial charge in [-0.05, 0) is 19.3 Å². The van der Waals surface area contributed by atoms with Gasteiger partial charge in [0.2, 0.25) is 5.91 Å². The fraction of sp³-hybridized carbons (Fsp3) is 0.417. The summed E-state index contributed by atoms with van der Waals surface area (Å²) in [5, 5.41) is 1.23. The first kappa shape index (κ1) is 20.5. The summed E-state index contributed by atoms with van der Waals surface area (Å²) in [5.74, 6) is -0.0804. The van der Waals surface area contributed by atoms with Gasteiger partial charge in [-0.2, -0.15) is 0 Å². The van der Waals surface area contributed by atoms with Crippen molar-refractivity contribution in [1.29, 1.82) is 0 Å². The summed E-state index contributed by atoms with van der Waals surface area (Å²) in [6.45, 7) is 8.08. The topological polar surface area (TPSA) is 37.4 Å². The highest BCUT2D eigenvalue weighted by Crippen LogP contribution is 2.35. The predicted octanol–water partition coefficient (Wildman–Crippen LogP) is 4.50. The monoisotopic (exact) mass is 393 g/mol. The van der Waals surface area contributed by atoms with Crippen LogP contribution < -0.4 is 5.19 Å². The highest BCUT2D eigenvalue weighted by Gasteiger charge is 2.46. The number of likely N-dealkylation sites (tertiary alicyclic amines) is 1. The van der Waals surface area contributed by atoms with E-state index in [4.69, 9.17) is 0 Å². The summed E-state index contributed by atoms with van der Waals surface area (Å²) in [6, 6.07) is 19.8. The van der Waals surface area contributed by atoms with E-state index in [9.17, 15) is 9.59 Å². The molecule has 0 aromatic heterocycles. The second-order valence-corrected chi connectivity index (χ2v) is 13.1. The molecule has 0 saturated carbocycles. The first-order valence-corrected chi connectivity index (χ1v) is 13.4. The van der Waals surface area contributed by atoms with Gasteiger partial charge in [0.15, 0.2) is 5.78 Å². The van der Waals surface area contributed by atoms with Gasteiger partial charge in [0.25, 0.3) is 0 Å². The summed E-state index contributed by atoms with van der Waals surface area (Å²) in [5.41, 5.74) is 0.435. The molecule has 148 valence electrons. The largest absolute Gasteiger partial charge is 0.343 e. The molecule has 28 heavy (non-hydrogen) atoms. The highest BCUT2D eigenvalue weighted by molar-refractivity contribution is 6.93. The maximum atomic E-state index is 13.7. The number of carbonyl (C=O) groups excluding carboxylic acids is 2. The van der Waals surface area contributed by atoms with E-state index < -0.39 is 8.07 Å². The Bertz CT molecular complexity index is 798. The molecular formula is C24H31NO2Si. The Morgan fingerprint density at radius 1 is 0.857 bits per heavy atom.